The number of ether oxygens (including phenoxy) is 2. The predicted octanol–water partition coefficient (Wildman–Crippen LogP) is 4.36. The number of unbranched alkanes of at least 4 members (excludes halogenated alkanes) is 3. The van der Waals surface area contributed by atoms with E-state index in [1.807, 2.05) is 20.8 Å². The van der Waals surface area contributed by atoms with E-state index in [0.29, 0.717) is 29.6 Å². The number of aliphatic hydroxyl groups is 1. The lowest BCUT2D eigenvalue weighted by Crippen LogP contribution is -2.32. The number of pyridine rings is 1. The van der Waals surface area contributed by atoms with Crippen LogP contribution in [0.15, 0.2) is 30.5 Å². The zero-order valence-corrected chi connectivity index (χ0v) is 18.3. The van der Waals surface area contributed by atoms with E-state index in [2.05, 4.69) is 10.3 Å². The number of nitro benzene ring substituents is 1. The number of rotatable bonds is 11. The fourth-order valence-electron chi connectivity index (χ4n) is 3.04. The van der Waals surface area contributed by atoms with E-state index < -0.39 is 22.7 Å². The fourth-order valence-corrected chi connectivity index (χ4v) is 3.04. The Bertz CT molecular complexity index is 881. The molecule has 1 unspecified atom stereocenters. The first-order valence-corrected chi connectivity index (χ1v) is 10.5. The second-order valence-electron chi connectivity index (χ2n) is 8.34. The van der Waals surface area contributed by atoms with Crippen LogP contribution < -0.4 is 10.1 Å². The van der Waals surface area contributed by atoms with Gasteiger partial charge in [-0.2, -0.15) is 0 Å². The Kier molecular flexibility index (Phi) is 8.99. The first kappa shape index (κ1) is 24.3. The number of aromatic nitrogens is 1. The summed E-state index contributed by atoms with van der Waals surface area (Å²) in [6.45, 7) is 6.11. The highest BCUT2D eigenvalue weighted by molar-refractivity contribution is 5.92. The average Bonchev–Trinajstić information content (AvgIpc) is 2.69. The minimum absolute atomic E-state index is 0.0304. The van der Waals surface area contributed by atoms with Gasteiger partial charge in [0.2, 0.25) is 0 Å². The van der Waals surface area contributed by atoms with Crippen molar-refractivity contribution in [3.05, 3.63) is 40.6 Å². The van der Waals surface area contributed by atoms with Crippen LogP contribution in [0.25, 0.3) is 10.9 Å². The molecule has 0 spiro atoms. The molecule has 1 atom stereocenters. The number of fused-ring (bicyclic) bond motifs is 1. The van der Waals surface area contributed by atoms with E-state index in [-0.39, 0.29) is 12.3 Å². The summed E-state index contributed by atoms with van der Waals surface area (Å²) in [7, 11) is 0. The third-order valence-electron chi connectivity index (χ3n) is 4.47. The summed E-state index contributed by atoms with van der Waals surface area (Å²) in [5.41, 5.74) is -0.127. The summed E-state index contributed by atoms with van der Waals surface area (Å²) in [5, 5.41) is 24.5. The molecule has 0 radical (unpaired) electrons. The molecule has 0 aliphatic rings. The topological polar surface area (TPSA) is 124 Å². The predicted molar refractivity (Wildman–Crippen MR) is 117 cm³/mol. The molecule has 1 amide bonds. The maximum absolute atomic E-state index is 11.5. The van der Waals surface area contributed by atoms with Crippen molar-refractivity contribution in [3.8, 4) is 5.75 Å². The summed E-state index contributed by atoms with van der Waals surface area (Å²) >= 11 is 0. The number of nitrogens with zero attached hydrogens (tertiary/aromatic N) is 2. The molecular weight excluding hydrogens is 402 g/mol. The van der Waals surface area contributed by atoms with Crippen molar-refractivity contribution in [1.29, 1.82) is 0 Å². The van der Waals surface area contributed by atoms with Gasteiger partial charge in [-0.15, -0.1) is 0 Å². The molecule has 2 aromatic rings. The molecule has 0 aliphatic heterocycles. The van der Waals surface area contributed by atoms with Gasteiger partial charge < -0.3 is 19.9 Å². The van der Waals surface area contributed by atoms with E-state index in [9.17, 15) is 20.0 Å². The number of nitrogens with one attached hydrogen (secondary N) is 1. The first-order chi connectivity index (χ1) is 14.7. The third kappa shape index (κ3) is 8.37. The molecule has 0 saturated heterocycles. The van der Waals surface area contributed by atoms with Gasteiger partial charge in [0.1, 0.15) is 23.5 Å². The second kappa shape index (κ2) is 11.5. The maximum Gasteiger partial charge on any atom is 0.407 e. The number of amides is 1. The molecule has 0 aliphatic carbocycles. The Morgan fingerprint density at radius 3 is 2.68 bits per heavy atom. The van der Waals surface area contributed by atoms with E-state index in [4.69, 9.17) is 9.47 Å². The maximum atomic E-state index is 11.5. The van der Waals surface area contributed by atoms with Gasteiger partial charge in [-0.25, -0.2) is 4.79 Å². The van der Waals surface area contributed by atoms with Gasteiger partial charge in [0.25, 0.3) is 5.69 Å². The van der Waals surface area contributed by atoms with Crippen molar-refractivity contribution in [2.75, 3.05) is 13.2 Å². The Morgan fingerprint density at radius 2 is 1.97 bits per heavy atom. The van der Waals surface area contributed by atoms with Crippen molar-refractivity contribution in [2.45, 2.75) is 64.6 Å². The van der Waals surface area contributed by atoms with Crippen LogP contribution in [0.2, 0.25) is 0 Å². The van der Waals surface area contributed by atoms with Crippen LogP contribution in [0.3, 0.4) is 0 Å². The zero-order chi connectivity index (χ0) is 22.9. The summed E-state index contributed by atoms with van der Waals surface area (Å²) in [4.78, 5) is 26.4. The van der Waals surface area contributed by atoms with Gasteiger partial charge in [0.05, 0.1) is 16.4 Å². The van der Waals surface area contributed by atoms with E-state index in [1.54, 1.807) is 18.3 Å². The summed E-state index contributed by atoms with van der Waals surface area (Å²) in [5.74, 6) is 0.411. The molecule has 1 aromatic carbocycles. The van der Waals surface area contributed by atoms with E-state index in [1.165, 1.54) is 12.1 Å². The zero-order valence-electron chi connectivity index (χ0n) is 18.3. The van der Waals surface area contributed by atoms with Crippen LogP contribution in [-0.4, -0.2) is 46.0 Å². The van der Waals surface area contributed by atoms with E-state index >= 15 is 0 Å². The minimum Gasteiger partial charge on any atom is -0.489 e. The molecule has 2 N–H and O–H groups in total. The molecule has 0 fully saturated rings. The molecule has 1 heterocycles. The Balaban J connectivity index is 1.67. The smallest absolute Gasteiger partial charge is 0.407 e. The third-order valence-corrected chi connectivity index (χ3v) is 4.47. The van der Waals surface area contributed by atoms with Crippen LogP contribution in [-0.2, 0) is 4.74 Å². The quantitative estimate of drug-likeness (QED) is 0.306. The van der Waals surface area contributed by atoms with Crippen molar-refractivity contribution in [1.82, 2.24) is 10.3 Å². The number of benzene rings is 1. The molecule has 2 rings (SSSR count). The molecular formula is C22H31N3O6. The Hall–Kier alpha value is -2.94. The van der Waals surface area contributed by atoms with Crippen molar-refractivity contribution in [3.63, 3.8) is 0 Å². The largest absolute Gasteiger partial charge is 0.489 e. The lowest BCUT2D eigenvalue weighted by Gasteiger charge is -2.19. The highest BCUT2D eigenvalue weighted by Crippen LogP contribution is 2.31. The minimum atomic E-state index is -0.645. The number of hydrogen-bond acceptors (Lipinski definition) is 7. The highest BCUT2D eigenvalue weighted by Gasteiger charge is 2.17. The van der Waals surface area contributed by atoms with Gasteiger partial charge in [-0.1, -0.05) is 19.3 Å². The van der Waals surface area contributed by atoms with Gasteiger partial charge >= 0.3 is 6.09 Å². The fraction of sp³-hybridized carbons (Fsp3) is 0.545. The number of hydrogen-bond donors (Lipinski definition) is 2. The molecule has 31 heavy (non-hydrogen) atoms. The molecule has 0 saturated carbocycles. The van der Waals surface area contributed by atoms with Crippen molar-refractivity contribution < 1.29 is 24.3 Å². The normalized spacial score (nSPS) is 12.4. The second-order valence-corrected chi connectivity index (χ2v) is 8.34. The van der Waals surface area contributed by atoms with Crippen molar-refractivity contribution >= 4 is 22.7 Å². The standard InChI is InChI=1S/C22H31N3O6/c1-22(2,3)31-21(27)24-13-7-5-4-6-9-16(26)15-30-19-12-11-18(25(28)29)17-10-8-14-23-20(17)19/h8,10-12,14,16,26H,4-7,9,13,15H2,1-3H3,(H,24,27). The van der Waals surface area contributed by atoms with Crippen LogP contribution in [0.4, 0.5) is 10.5 Å². The Labute approximate surface area is 181 Å². The van der Waals surface area contributed by atoms with E-state index in [0.717, 1.165) is 25.7 Å². The number of nitro groups is 1. The summed E-state index contributed by atoms with van der Waals surface area (Å²) in [6.07, 6.45) is 4.60. The lowest BCUT2D eigenvalue weighted by molar-refractivity contribution is -0.383. The molecule has 1 aromatic heterocycles. The first-order valence-electron chi connectivity index (χ1n) is 10.5. The SMILES string of the molecule is CC(C)(C)OC(=O)NCCCCCCC(O)COc1ccc([N+](=O)[O-])c2cccnc12. The molecule has 0 bridgehead atoms. The number of alkyl carbamates (subject to hydrolysis) is 1. The number of carbonyl (C=O) groups is 1. The van der Waals surface area contributed by atoms with Gasteiger partial charge in [0, 0.05) is 18.8 Å². The van der Waals surface area contributed by atoms with Crippen LogP contribution in [0.5, 0.6) is 5.75 Å². The van der Waals surface area contributed by atoms with Crippen molar-refractivity contribution in [2.24, 2.45) is 0 Å². The molecule has 170 valence electrons. The number of aliphatic hydroxyl groups excluding tert-OH is 1. The lowest BCUT2D eigenvalue weighted by atomic mass is 10.1. The average molecular weight is 434 g/mol. The van der Waals surface area contributed by atoms with Gasteiger partial charge in [-0.05, 0) is 51.8 Å². The summed E-state index contributed by atoms with van der Waals surface area (Å²) < 4.78 is 10.9. The monoisotopic (exact) mass is 433 g/mol. The van der Waals surface area contributed by atoms with Gasteiger partial charge in [-0.3, -0.25) is 15.1 Å². The summed E-state index contributed by atoms with van der Waals surface area (Å²) in [6, 6.07) is 6.16. The number of non-ortho nitro benzene ring substituents is 1. The van der Waals surface area contributed by atoms with Crippen LogP contribution in [0.1, 0.15) is 52.9 Å². The van der Waals surface area contributed by atoms with Crippen LogP contribution in [0, 0.1) is 10.1 Å². The number of carbonyl (C=O) groups excluding carboxylic acids is 1. The highest BCUT2D eigenvalue weighted by atomic mass is 16.6. The molecule has 9 nitrogen and oxygen atoms in total. The van der Waals surface area contributed by atoms with Gasteiger partial charge in [0.15, 0.2) is 0 Å². The van der Waals surface area contributed by atoms with Crippen LogP contribution >= 0.6 is 0 Å². The Morgan fingerprint density at radius 1 is 1.23 bits per heavy atom. The molecule has 9 heteroatoms.